The smallest absolute Gasteiger partial charge is 0.335 e. The van der Waals surface area contributed by atoms with Crippen LogP contribution in [-0.2, 0) is 0 Å². The fraction of sp³-hybridized carbons (Fsp3) is 0.462. The number of benzene rings is 1. The average Bonchev–Trinajstić information content (AvgIpc) is 2.25. The van der Waals surface area contributed by atoms with Gasteiger partial charge in [0, 0.05) is 6.54 Å². The Morgan fingerprint density at radius 1 is 1.47 bits per heavy atom. The van der Waals surface area contributed by atoms with Gasteiger partial charge in [0.2, 0.25) is 0 Å². The van der Waals surface area contributed by atoms with E-state index in [-0.39, 0.29) is 5.56 Å². The van der Waals surface area contributed by atoms with Gasteiger partial charge in [0.15, 0.2) is 0 Å². The summed E-state index contributed by atoms with van der Waals surface area (Å²) in [4.78, 5) is 10.6. The molecule has 0 aliphatic rings. The largest absolute Gasteiger partial charge is 0.478 e. The second-order valence-corrected chi connectivity index (χ2v) is 4.46. The van der Waals surface area contributed by atoms with Crippen LogP contribution in [0.4, 0.5) is 10.1 Å². The van der Waals surface area contributed by atoms with E-state index in [0.29, 0.717) is 18.2 Å². The van der Waals surface area contributed by atoms with Crippen LogP contribution in [0.2, 0.25) is 0 Å². The van der Waals surface area contributed by atoms with Crippen molar-refractivity contribution < 1.29 is 14.3 Å². The van der Waals surface area contributed by atoms with Crippen LogP contribution in [0.15, 0.2) is 18.2 Å². The van der Waals surface area contributed by atoms with Gasteiger partial charge in [-0.15, -0.1) is 0 Å². The molecule has 0 saturated heterocycles. The van der Waals surface area contributed by atoms with E-state index in [4.69, 9.17) is 5.11 Å². The number of carbonyl (C=O) groups is 1. The highest BCUT2D eigenvalue weighted by Crippen LogP contribution is 2.16. The van der Waals surface area contributed by atoms with Gasteiger partial charge in [-0.1, -0.05) is 13.8 Å². The third-order valence-electron chi connectivity index (χ3n) is 2.49. The van der Waals surface area contributed by atoms with Gasteiger partial charge in [-0.05, 0) is 37.0 Å². The van der Waals surface area contributed by atoms with Crippen molar-refractivity contribution in [3.8, 4) is 0 Å². The molecule has 0 aliphatic heterocycles. The summed E-state index contributed by atoms with van der Waals surface area (Å²) in [6, 6.07) is 3.90. The van der Waals surface area contributed by atoms with E-state index in [1.165, 1.54) is 12.1 Å². The molecule has 0 fully saturated rings. The molecule has 17 heavy (non-hydrogen) atoms. The summed E-state index contributed by atoms with van der Waals surface area (Å²) < 4.78 is 13.5. The minimum atomic E-state index is -1.12. The lowest BCUT2D eigenvalue weighted by atomic mass is 10.1. The van der Waals surface area contributed by atoms with Crippen molar-refractivity contribution in [2.75, 3.05) is 11.9 Å². The van der Waals surface area contributed by atoms with Crippen molar-refractivity contribution in [2.24, 2.45) is 5.92 Å². The summed E-state index contributed by atoms with van der Waals surface area (Å²) in [5.74, 6) is -0.999. The van der Waals surface area contributed by atoms with Crippen LogP contribution >= 0.6 is 0 Å². The van der Waals surface area contributed by atoms with E-state index in [9.17, 15) is 9.18 Å². The summed E-state index contributed by atoms with van der Waals surface area (Å²) in [7, 11) is 0. The summed E-state index contributed by atoms with van der Waals surface area (Å²) in [5, 5.41) is 11.7. The van der Waals surface area contributed by atoms with Crippen LogP contribution < -0.4 is 5.32 Å². The van der Waals surface area contributed by atoms with Crippen molar-refractivity contribution >= 4 is 11.7 Å². The maximum absolute atomic E-state index is 13.5. The number of carboxylic acids is 1. The molecule has 1 aromatic carbocycles. The molecule has 0 bridgehead atoms. The number of halogens is 1. The van der Waals surface area contributed by atoms with E-state index >= 15 is 0 Å². The second kappa shape index (κ2) is 6.23. The van der Waals surface area contributed by atoms with Crippen LogP contribution in [0.1, 0.15) is 37.0 Å². The molecule has 0 radical (unpaired) electrons. The maximum atomic E-state index is 13.5. The van der Waals surface area contributed by atoms with Gasteiger partial charge >= 0.3 is 5.97 Å². The SMILES string of the molecule is CC(C)CCCNc1ccc(C(=O)O)cc1F. The maximum Gasteiger partial charge on any atom is 0.335 e. The average molecular weight is 239 g/mol. The Bertz CT molecular complexity index is 391. The highest BCUT2D eigenvalue weighted by molar-refractivity contribution is 5.88. The predicted octanol–water partition coefficient (Wildman–Crippen LogP) is 3.37. The van der Waals surface area contributed by atoms with E-state index < -0.39 is 11.8 Å². The lowest BCUT2D eigenvalue weighted by Gasteiger charge is -2.09. The molecule has 0 spiro atoms. The third kappa shape index (κ3) is 4.43. The summed E-state index contributed by atoms with van der Waals surface area (Å²) in [5.41, 5.74) is 0.328. The Morgan fingerprint density at radius 3 is 2.71 bits per heavy atom. The van der Waals surface area contributed by atoms with Crippen LogP contribution in [0.5, 0.6) is 0 Å². The van der Waals surface area contributed by atoms with Crippen LogP contribution in [0.3, 0.4) is 0 Å². The molecule has 1 rings (SSSR count). The molecule has 94 valence electrons. The summed E-state index contributed by atoms with van der Waals surface area (Å²) in [6.07, 6.45) is 2.06. The molecule has 1 aromatic rings. The zero-order valence-corrected chi connectivity index (χ0v) is 10.2. The minimum absolute atomic E-state index is 0.0322. The van der Waals surface area contributed by atoms with Crippen LogP contribution in [-0.4, -0.2) is 17.6 Å². The minimum Gasteiger partial charge on any atom is -0.478 e. The van der Waals surface area contributed by atoms with Crippen molar-refractivity contribution in [3.63, 3.8) is 0 Å². The number of hydrogen-bond acceptors (Lipinski definition) is 2. The van der Waals surface area contributed by atoms with E-state index in [1.54, 1.807) is 0 Å². The molecule has 4 heteroatoms. The van der Waals surface area contributed by atoms with Crippen molar-refractivity contribution in [2.45, 2.75) is 26.7 Å². The quantitative estimate of drug-likeness (QED) is 0.748. The first-order valence-electron chi connectivity index (χ1n) is 5.77. The first-order valence-corrected chi connectivity index (χ1v) is 5.77. The van der Waals surface area contributed by atoms with Crippen molar-refractivity contribution in [1.82, 2.24) is 0 Å². The zero-order chi connectivity index (χ0) is 12.8. The van der Waals surface area contributed by atoms with Crippen LogP contribution in [0.25, 0.3) is 0 Å². The highest BCUT2D eigenvalue weighted by atomic mass is 19.1. The Morgan fingerprint density at radius 2 is 2.18 bits per heavy atom. The molecule has 3 nitrogen and oxygen atoms in total. The lowest BCUT2D eigenvalue weighted by Crippen LogP contribution is -2.06. The molecule has 2 N–H and O–H groups in total. The van der Waals surface area contributed by atoms with E-state index in [2.05, 4.69) is 19.2 Å². The van der Waals surface area contributed by atoms with Gasteiger partial charge in [0.25, 0.3) is 0 Å². The second-order valence-electron chi connectivity index (χ2n) is 4.46. The molecular weight excluding hydrogens is 221 g/mol. The van der Waals surface area contributed by atoms with Crippen LogP contribution in [0, 0.1) is 11.7 Å². The molecule has 0 aromatic heterocycles. The van der Waals surface area contributed by atoms with E-state index in [0.717, 1.165) is 18.9 Å². The zero-order valence-electron chi connectivity index (χ0n) is 10.2. The number of anilines is 1. The van der Waals surface area contributed by atoms with Gasteiger partial charge in [0.05, 0.1) is 11.3 Å². The molecular formula is C13H18FNO2. The molecule has 0 unspecified atom stereocenters. The first kappa shape index (κ1) is 13.5. The van der Waals surface area contributed by atoms with Gasteiger partial charge in [-0.2, -0.15) is 0 Å². The van der Waals surface area contributed by atoms with Gasteiger partial charge in [-0.3, -0.25) is 0 Å². The lowest BCUT2D eigenvalue weighted by molar-refractivity contribution is 0.0696. The molecule has 0 heterocycles. The van der Waals surface area contributed by atoms with E-state index in [1.807, 2.05) is 0 Å². The standard InChI is InChI=1S/C13H18FNO2/c1-9(2)4-3-7-15-12-6-5-10(13(16)17)8-11(12)14/h5-6,8-9,15H,3-4,7H2,1-2H3,(H,16,17). The number of rotatable bonds is 6. The number of nitrogens with one attached hydrogen (secondary N) is 1. The van der Waals surface area contributed by atoms with Gasteiger partial charge in [-0.25, -0.2) is 9.18 Å². The van der Waals surface area contributed by atoms with Gasteiger partial charge < -0.3 is 10.4 Å². The Hall–Kier alpha value is -1.58. The van der Waals surface area contributed by atoms with Crippen molar-refractivity contribution in [1.29, 1.82) is 0 Å². The predicted molar refractivity (Wildman–Crippen MR) is 65.9 cm³/mol. The molecule has 0 aliphatic carbocycles. The summed E-state index contributed by atoms with van der Waals surface area (Å²) in [6.45, 7) is 4.98. The van der Waals surface area contributed by atoms with Gasteiger partial charge in [0.1, 0.15) is 5.82 Å². The fourth-order valence-corrected chi connectivity index (χ4v) is 1.52. The monoisotopic (exact) mass is 239 g/mol. The topological polar surface area (TPSA) is 49.3 Å². The number of hydrogen-bond donors (Lipinski definition) is 2. The normalized spacial score (nSPS) is 10.6. The Balaban J connectivity index is 2.52. The molecule has 0 saturated carbocycles. The number of aromatic carboxylic acids is 1. The Labute approximate surface area is 101 Å². The molecule has 0 atom stereocenters. The third-order valence-corrected chi connectivity index (χ3v) is 2.49. The Kier molecular flexibility index (Phi) is 4.94. The fourth-order valence-electron chi connectivity index (χ4n) is 1.52. The summed E-state index contributed by atoms with van der Waals surface area (Å²) >= 11 is 0. The molecule has 0 amide bonds. The first-order chi connectivity index (χ1) is 8.00. The highest BCUT2D eigenvalue weighted by Gasteiger charge is 2.07. The van der Waals surface area contributed by atoms with Crippen molar-refractivity contribution in [3.05, 3.63) is 29.6 Å². The number of carboxylic acid groups (broad SMARTS) is 1.